The second-order valence-electron chi connectivity index (χ2n) is 0. The molecule has 0 aliphatic carbocycles. The predicted octanol–water partition coefficient (Wildman–Crippen LogP) is -2.53. The summed E-state index contributed by atoms with van der Waals surface area (Å²) in [7, 11) is 0. The summed E-state index contributed by atoms with van der Waals surface area (Å²) in [5, 5.41) is 0. The molecular weight excluding hydrogens is 338 g/mol. The molecule has 0 aromatic carbocycles. The first-order chi connectivity index (χ1) is 0. The van der Waals surface area contributed by atoms with Gasteiger partial charge in [0.15, 0.2) is 17.4 Å². The second-order valence-corrected chi connectivity index (χ2v) is 0. The number of rotatable bonds is 0. The van der Waals surface area contributed by atoms with Crippen molar-refractivity contribution >= 4 is 51.4 Å². The Morgan fingerprint density at radius 3 is 1.20 bits per heavy atom. The summed E-state index contributed by atoms with van der Waals surface area (Å²) in [4.78, 5) is 0. The Labute approximate surface area is 115 Å². The Balaban J connectivity index is 0. The van der Waals surface area contributed by atoms with Crippen LogP contribution < -0.4 is 0 Å². The molecule has 1 radical (unpaired) electrons. The smallest absolute Gasteiger partial charge is 1.00 e. The van der Waals surface area contributed by atoms with Crippen molar-refractivity contribution in [2.24, 2.45) is 0 Å². The largest absolute Gasteiger partial charge is 2.00 e. The van der Waals surface area contributed by atoms with Gasteiger partial charge in [-0.15, -0.1) is 0 Å². The molecule has 5 heteroatoms. The summed E-state index contributed by atoms with van der Waals surface area (Å²) in [6, 6.07) is 0. The molecule has 0 unspecified atom stereocenters. The van der Waals surface area contributed by atoms with Gasteiger partial charge in [-0.2, -0.15) is 0 Å². The predicted molar refractivity (Wildman–Crippen MR) is 27.9 cm³/mol. The van der Waals surface area contributed by atoms with Gasteiger partial charge in [-0.3, -0.25) is 0 Å². The molecule has 33 valence electrons. The summed E-state index contributed by atoms with van der Waals surface area (Å²) in [5.41, 5.74) is 0. The van der Waals surface area contributed by atoms with Crippen LogP contribution in [0.4, 0.5) is 0 Å². The van der Waals surface area contributed by atoms with E-state index in [9.17, 15) is 0 Å². The molecule has 0 bridgehead atoms. The molecule has 0 aliphatic rings. The van der Waals surface area contributed by atoms with E-state index in [1.807, 2.05) is 0 Å². The molecule has 0 N–H and O–H groups in total. The van der Waals surface area contributed by atoms with Gasteiger partial charge in [0, 0.05) is 63.5 Å². The summed E-state index contributed by atoms with van der Waals surface area (Å²) < 4.78 is 0. The van der Waals surface area contributed by atoms with E-state index in [0.717, 1.165) is 0 Å². The normalized spacial score (nSPS) is 0. The Morgan fingerprint density at radius 1 is 1.20 bits per heavy atom. The minimum Gasteiger partial charge on any atom is -1.00 e. The third-order valence-corrected chi connectivity index (χ3v) is 0. The zero-order chi connectivity index (χ0) is 0. The molecule has 0 saturated carbocycles. The molecule has 0 heterocycles. The van der Waals surface area contributed by atoms with E-state index in [1.54, 1.807) is 0 Å². The van der Waals surface area contributed by atoms with Crippen molar-refractivity contribution in [3.63, 3.8) is 0 Å². The molecule has 0 aliphatic heterocycles. The van der Waals surface area contributed by atoms with Crippen molar-refractivity contribution in [1.82, 2.24) is 0 Å². The zero-order valence-electron chi connectivity index (χ0n) is 4.50. The monoisotopic (exact) mass is 343 g/mol. The maximum atomic E-state index is 0. The molecule has 0 aromatic heterocycles. The van der Waals surface area contributed by atoms with Crippen molar-refractivity contribution in [2.45, 2.75) is 0 Å². The summed E-state index contributed by atoms with van der Waals surface area (Å²) >= 11 is 0. The van der Waals surface area contributed by atoms with Gasteiger partial charge in [0.2, 0.25) is 0 Å². The van der Waals surface area contributed by atoms with Gasteiger partial charge in [0.05, 0.1) is 0 Å². The molecule has 0 aromatic rings. The van der Waals surface area contributed by atoms with E-state index in [-0.39, 0.29) is 118 Å². The molecular formula is H8AlErMgSiZr. The van der Waals surface area contributed by atoms with Gasteiger partial charge in [-0.25, -0.2) is 0 Å². The second kappa shape index (κ2) is 25.4. The first kappa shape index (κ1) is 38.0. The minimum absolute atomic E-state index is 0. The van der Waals surface area contributed by atoms with Crippen molar-refractivity contribution < 1.29 is 66.4 Å². The molecule has 0 atom stereocenters. The first-order valence-electron chi connectivity index (χ1n) is 0. The first-order valence-corrected chi connectivity index (χ1v) is 0. The van der Waals surface area contributed by atoms with Gasteiger partial charge in [0.25, 0.3) is 0 Å². The number of hydrogen-bond donors (Lipinski definition) is 0. The van der Waals surface area contributed by atoms with Crippen molar-refractivity contribution in [2.75, 3.05) is 0 Å². The van der Waals surface area contributed by atoms with Crippen LogP contribution in [-0.4, -0.2) is 51.4 Å². The van der Waals surface area contributed by atoms with E-state index in [1.165, 1.54) is 0 Å². The van der Waals surface area contributed by atoms with E-state index in [0.29, 0.717) is 0 Å². The van der Waals surface area contributed by atoms with Gasteiger partial charge < -0.3 is 2.85 Å². The van der Waals surface area contributed by atoms with Crippen molar-refractivity contribution in [3.05, 3.63) is 0 Å². The van der Waals surface area contributed by atoms with E-state index >= 15 is 0 Å². The average molecular weight is 346 g/mol. The fourth-order valence-electron chi connectivity index (χ4n) is 0. The van der Waals surface area contributed by atoms with Gasteiger partial charge in [-0.05, 0) is 11.0 Å². The van der Waals surface area contributed by atoms with Crippen LogP contribution >= 0.6 is 0 Å². The zero-order valence-corrected chi connectivity index (χ0v) is 10.2. The van der Waals surface area contributed by atoms with Crippen LogP contribution in [0.25, 0.3) is 0 Å². The minimum atomic E-state index is 0. The molecule has 0 fully saturated rings. The van der Waals surface area contributed by atoms with Crippen molar-refractivity contribution in [3.8, 4) is 0 Å². The van der Waals surface area contributed by atoms with Gasteiger partial charge in [-0.1, -0.05) is 0 Å². The number of hydrogen-bond acceptors (Lipinski definition) is 0. The Kier molecular flexibility index (Phi) is 193. The Hall–Kier alpha value is 3.65. The molecule has 0 spiro atoms. The molecule has 0 rings (SSSR count). The summed E-state index contributed by atoms with van der Waals surface area (Å²) in [6.07, 6.45) is 0. The SMILES string of the molecule is [AlH3].[Er].[H-].[H-].[Mg+2].[SiH3].[Zr]. The maximum absolute atomic E-state index is 0. The fraction of sp³-hybridized carbons (Fsp3) is 0. The topological polar surface area (TPSA) is 0 Å². The van der Waals surface area contributed by atoms with Crippen LogP contribution in [0.2, 0.25) is 0 Å². The van der Waals surface area contributed by atoms with Crippen LogP contribution in [0, 0.1) is 37.3 Å². The third kappa shape index (κ3) is 18.3. The van der Waals surface area contributed by atoms with Crippen molar-refractivity contribution in [1.29, 1.82) is 0 Å². The molecule has 0 amide bonds. The van der Waals surface area contributed by atoms with Crippen LogP contribution in [0.15, 0.2) is 0 Å². The standard InChI is InChI=1S/Al.Er.Mg.H3Si.Zr.5H/h;;;1H3;;;;;;/q;;+2;;;;;;2*-1. The molecule has 5 heavy (non-hydrogen) atoms. The van der Waals surface area contributed by atoms with Crippen LogP contribution in [0.1, 0.15) is 2.85 Å². The Morgan fingerprint density at radius 2 is 1.20 bits per heavy atom. The molecule has 0 nitrogen and oxygen atoms in total. The summed E-state index contributed by atoms with van der Waals surface area (Å²) in [6.45, 7) is 0. The van der Waals surface area contributed by atoms with Crippen LogP contribution in [0.5, 0.6) is 0 Å². The quantitative estimate of drug-likeness (QED) is 0.425. The van der Waals surface area contributed by atoms with E-state index in [4.69, 9.17) is 0 Å². The van der Waals surface area contributed by atoms with E-state index < -0.39 is 0 Å². The fourth-order valence-corrected chi connectivity index (χ4v) is 0. The van der Waals surface area contributed by atoms with Crippen LogP contribution in [0.3, 0.4) is 0 Å². The summed E-state index contributed by atoms with van der Waals surface area (Å²) in [5.74, 6) is 0. The van der Waals surface area contributed by atoms with Crippen LogP contribution in [-0.2, 0) is 26.2 Å². The maximum Gasteiger partial charge on any atom is 2.00 e. The average Bonchev–Trinajstić information content (AvgIpc) is 0. The Bertz CT molecular complexity index is 17.7. The van der Waals surface area contributed by atoms with Gasteiger partial charge in [0.1, 0.15) is 0 Å². The van der Waals surface area contributed by atoms with E-state index in [2.05, 4.69) is 0 Å². The third-order valence-electron chi connectivity index (χ3n) is 0. The van der Waals surface area contributed by atoms with Gasteiger partial charge >= 0.3 is 23.1 Å². The molecule has 0 saturated heterocycles.